The van der Waals surface area contributed by atoms with Crippen LogP contribution >= 0.6 is 55.2 Å². The molecule has 1 saturated heterocycles. The second-order valence-electron chi connectivity index (χ2n) is 5.43. The van der Waals surface area contributed by atoms with Crippen molar-refractivity contribution in [1.29, 1.82) is 0 Å². The predicted octanol–water partition coefficient (Wildman–Crippen LogP) is 5.65. The Labute approximate surface area is 179 Å². The van der Waals surface area contributed by atoms with Crippen molar-refractivity contribution in [3.63, 3.8) is 0 Å². The minimum Gasteiger partial charge on any atom is -0.506 e. The number of carbonyl (C=O) groups is 2. The van der Waals surface area contributed by atoms with Gasteiger partial charge in [-0.3, -0.25) is 14.5 Å². The maximum absolute atomic E-state index is 14.0. The van der Waals surface area contributed by atoms with E-state index in [1.165, 1.54) is 30.3 Å². The molecule has 2 N–H and O–H groups in total. The summed E-state index contributed by atoms with van der Waals surface area (Å²) >= 11 is 12.8. The van der Waals surface area contributed by atoms with Gasteiger partial charge in [0.15, 0.2) is 0 Å². The van der Waals surface area contributed by atoms with E-state index in [-0.39, 0.29) is 48.0 Å². The second-order valence-corrected chi connectivity index (χ2v) is 8.47. The molecule has 1 aliphatic heterocycles. The highest BCUT2D eigenvalue weighted by atomic mass is 79.9. The molecule has 0 atom stereocenters. The zero-order chi connectivity index (χ0) is 19.9. The summed E-state index contributed by atoms with van der Waals surface area (Å²) in [4.78, 5) is 25.7. The molecule has 1 heterocycles. The highest BCUT2D eigenvalue weighted by Crippen LogP contribution is 2.43. The van der Waals surface area contributed by atoms with Gasteiger partial charge in [-0.25, -0.2) is 4.39 Å². The van der Waals surface area contributed by atoms with Crippen LogP contribution in [0.1, 0.15) is 11.1 Å². The molecule has 5 nitrogen and oxygen atoms in total. The van der Waals surface area contributed by atoms with Gasteiger partial charge in [-0.1, -0.05) is 17.7 Å². The summed E-state index contributed by atoms with van der Waals surface area (Å²) in [6.07, 6.45) is 1.32. The summed E-state index contributed by atoms with van der Waals surface area (Å²) in [5.74, 6) is -1.75. The van der Waals surface area contributed by atoms with Gasteiger partial charge in [-0.15, -0.1) is 0 Å². The van der Waals surface area contributed by atoms with Crippen molar-refractivity contribution in [2.24, 2.45) is 0 Å². The number of nitrogens with zero attached hydrogens (tertiary/aromatic N) is 1. The van der Waals surface area contributed by atoms with Gasteiger partial charge in [-0.05, 0) is 67.9 Å². The zero-order valence-corrected chi connectivity index (χ0v) is 17.9. The number of halogens is 4. The van der Waals surface area contributed by atoms with E-state index >= 15 is 0 Å². The van der Waals surface area contributed by atoms with E-state index in [1.54, 1.807) is 0 Å². The lowest BCUT2D eigenvalue weighted by molar-refractivity contribution is -0.123. The molecular formula is C17H9Br2ClFNO4S. The van der Waals surface area contributed by atoms with Gasteiger partial charge in [0, 0.05) is 16.1 Å². The van der Waals surface area contributed by atoms with Gasteiger partial charge in [0.1, 0.15) is 21.8 Å². The number of phenolic OH excluding ortho intramolecular Hbond substituents is 2. The summed E-state index contributed by atoms with van der Waals surface area (Å²) in [5, 5.41) is 19.4. The van der Waals surface area contributed by atoms with E-state index in [1.807, 2.05) is 0 Å². The monoisotopic (exact) mass is 535 g/mol. The molecule has 140 valence electrons. The minimum absolute atomic E-state index is 0.0421. The first-order valence-electron chi connectivity index (χ1n) is 7.29. The summed E-state index contributed by atoms with van der Waals surface area (Å²) < 4.78 is 14.3. The Hall–Kier alpha value is -1.55. The Balaban J connectivity index is 1.94. The number of thioether (sulfide) groups is 1. The van der Waals surface area contributed by atoms with Crippen LogP contribution < -0.4 is 0 Å². The number of benzene rings is 2. The van der Waals surface area contributed by atoms with Gasteiger partial charge in [-0.2, -0.15) is 0 Å². The maximum Gasteiger partial charge on any atom is 0.293 e. The molecule has 0 saturated carbocycles. The molecule has 1 aliphatic rings. The third-order valence-corrected chi connectivity index (χ3v) is 6.35. The molecule has 0 aliphatic carbocycles. The largest absolute Gasteiger partial charge is 0.506 e. The number of imide groups is 1. The van der Waals surface area contributed by atoms with E-state index in [4.69, 9.17) is 11.6 Å². The van der Waals surface area contributed by atoms with Crippen molar-refractivity contribution in [3.8, 4) is 11.5 Å². The van der Waals surface area contributed by atoms with E-state index in [9.17, 15) is 24.2 Å². The summed E-state index contributed by atoms with van der Waals surface area (Å²) in [6.45, 7) is -0.303. The number of rotatable bonds is 3. The molecular weight excluding hydrogens is 529 g/mol. The normalized spacial score (nSPS) is 15.9. The number of hydrogen-bond acceptors (Lipinski definition) is 5. The van der Waals surface area contributed by atoms with E-state index in [0.717, 1.165) is 4.90 Å². The first-order valence-corrected chi connectivity index (χ1v) is 10.1. The Morgan fingerprint density at radius 2 is 1.93 bits per heavy atom. The standard InChI is InChI=1S/C17H9Br2ClFNO4S/c18-9-4-7(14(23)13(19)15(9)24)5-12-16(25)22(17(26)27-12)6-8-10(20)2-1-3-11(8)21/h1-5,23-24H,6H2/b12-5-. The molecule has 0 bridgehead atoms. The number of hydrogen-bond donors (Lipinski definition) is 2. The van der Waals surface area contributed by atoms with Crippen molar-refractivity contribution < 1.29 is 24.2 Å². The van der Waals surface area contributed by atoms with Gasteiger partial charge >= 0.3 is 0 Å². The SMILES string of the molecule is O=C1S/C(=C\c2cc(Br)c(O)c(Br)c2O)C(=O)N1Cc1c(F)cccc1Cl. The molecule has 27 heavy (non-hydrogen) atoms. The van der Waals surface area contributed by atoms with Gasteiger partial charge < -0.3 is 10.2 Å². The van der Waals surface area contributed by atoms with Crippen molar-refractivity contribution in [3.05, 3.63) is 60.1 Å². The molecule has 0 radical (unpaired) electrons. The first kappa shape index (κ1) is 20.2. The second kappa shape index (κ2) is 7.83. The average molecular weight is 538 g/mol. The topological polar surface area (TPSA) is 77.8 Å². The van der Waals surface area contributed by atoms with Crippen LogP contribution in [0.15, 0.2) is 38.1 Å². The minimum atomic E-state index is -0.635. The number of aromatic hydroxyl groups is 2. The molecule has 0 spiro atoms. The highest BCUT2D eigenvalue weighted by Gasteiger charge is 2.36. The van der Waals surface area contributed by atoms with Crippen molar-refractivity contribution in [1.82, 2.24) is 4.90 Å². The van der Waals surface area contributed by atoms with Crippen LogP contribution in [0.3, 0.4) is 0 Å². The zero-order valence-electron chi connectivity index (χ0n) is 13.2. The Kier molecular flexibility index (Phi) is 5.85. The summed E-state index contributed by atoms with van der Waals surface area (Å²) in [5.41, 5.74) is 0.252. The Morgan fingerprint density at radius 1 is 1.22 bits per heavy atom. The van der Waals surface area contributed by atoms with Gasteiger partial charge in [0.25, 0.3) is 11.1 Å². The van der Waals surface area contributed by atoms with Crippen LogP contribution in [0.4, 0.5) is 9.18 Å². The lowest BCUT2D eigenvalue weighted by Crippen LogP contribution is -2.28. The molecule has 1 fully saturated rings. The summed E-state index contributed by atoms with van der Waals surface area (Å²) in [7, 11) is 0. The molecule has 2 amide bonds. The van der Waals surface area contributed by atoms with Crippen molar-refractivity contribution in [2.75, 3.05) is 0 Å². The van der Waals surface area contributed by atoms with Crippen LogP contribution in [-0.4, -0.2) is 26.3 Å². The van der Waals surface area contributed by atoms with Gasteiger partial charge in [0.05, 0.1) is 15.9 Å². The lowest BCUT2D eigenvalue weighted by Gasteiger charge is -2.14. The van der Waals surface area contributed by atoms with E-state index < -0.39 is 17.0 Å². The average Bonchev–Trinajstić information content (AvgIpc) is 2.88. The molecule has 2 aromatic rings. The Bertz CT molecular complexity index is 995. The molecule has 2 aromatic carbocycles. The van der Waals surface area contributed by atoms with E-state index in [0.29, 0.717) is 11.8 Å². The third-order valence-electron chi connectivity index (χ3n) is 3.74. The van der Waals surface area contributed by atoms with Crippen LogP contribution in [-0.2, 0) is 11.3 Å². The molecule has 3 rings (SSSR count). The van der Waals surface area contributed by atoms with Crippen molar-refractivity contribution >= 4 is 72.4 Å². The molecule has 0 unspecified atom stereocenters. The van der Waals surface area contributed by atoms with E-state index in [2.05, 4.69) is 31.9 Å². The number of amides is 2. The fraction of sp³-hybridized carbons (Fsp3) is 0.0588. The smallest absolute Gasteiger partial charge is 0.293 e. The van der Waals surface area contributed by atoms with Crippen LogP contribution in [0, 0.1) is 5.82 Å². The molecule has 10 heteroatoms. The number of phenols is 2. The predicted molar refractivity (Wildman–Crippen MR) is 108 cm³/mol. The first-order chi connectivity index (χ1) is 12.7. The number of carbonyl (C=O) groups excluding carboxylic acids is 2. The third kappa shape index (κ3) is 3.87. The van der Waals surface area contributed by atoms with Crippen LogP contribution in [0.5, 0.6) is 11.5 Å². The van der Waals surface area contributed by atoms with Crippen molar-refractivity contribution in [2.45, 2.75) is 6.54 Å². The van der Waals surface area contributed by atoms with Crippen LogP contribution in [0.2, 0.25) is 5.02 Å². The fourth-order valence-corrected chi connectivity index (χ4v) is 4.55. The molecule has 0 aromatic heterocycles. The Morgan fingerprint density at radius 3 is 2.59 bits per heavy atom. The van der Waals surface area contributed by atoms with Crippen LogP contribution in [0.25, 0.3) is 6.08 Å². The maximum atomic E-state index is 14.0. The lowest BCUT2D eigenvalue weighted by atomic mass is 10.1. The summed E-state index contributed by atoms with van der Waals surface area (Å²) in [6, 6.07) is 5.49. The highest BCUT2D eigenvalue weighted by molar-refractivity contribution is 9.11. The fourth-order valence-electron chi connectivity index (χ4n) is 2.35. The quantitative estimate of drug-likeness (QED) is 0.495. The van der Waals surface area contributed by atoms with Gasteiger partial charge in [0.2, 0.25) is 0 Å².